The van der Waals surface area contributed by atoms with E-state index in [1.54, 1.807) is 12.4 Å². The third-order valence-corrected chi connectivity index (χ3v) is 6.81. The minimum atomic E-state index is -0.744. The summed E-state index contributed by atoms with van der Waals surface area (Å²) in [5, 5.41) is 4.29. The summed E-state index contributed by atoms with van der Waals surface area (Å²) in [7, 11) is 0. The van der Waals surface area contributed by atoms with Gasteiger partial charge >= 0.3 is 6.03 Å². The molecule has 188 valence electrons. The van der Waals surface area contributed by atoms with Crippen LogP contribution < -0.4 is 5.32 Å². The van der Waals surface area contributed by atoms with Gasteiger partial charge in [-0.2, -0.15) is 4.90 Å². The molecule has 0 radical (unpaired) electrons. The van der Waals surface area contributed by atoms with Crippen molar-refractivity contribution in [1.29, 1.82) is 0 Å². The Morgan fingerprint density at radius 2 is 1.32 bits per heavy atom. The second-order valence-corrected chi connectivity index (χ2v) is 9.13. The summed E-state index contributed by atoms with van der Waals surface area (Å²) in [5.74, 6) is -1.08. The van der Waals surface area contributed by atoms with Gasteiger partial charge in [-0.3, -0.25) is 14.4 Å². The summed E-state index contributed by atoms with van der Waals surface area (Å²) in [5.41, 5.74) is 3.19. The van der Waals surface area contributed by atoms with Crippen molar-refractivity contribution in [2.45, 2.75) is 39.0 Å². The number of fused-ring (bicyclic) bond motifs is 2. The van der Waals surface area contributed by atoms with Crippen LogP contribution in [0.5, 0.6) is 0 Å². The van der Waals surface area contributed by atoms with E-state index in [2.05, 4.69) is 15.3 Å². The second-order valence-electron chi connectivity index (χ2n) is 9.13. The third-order valence-electron chi connectivity index (χ3n) is 6.81. The van der Waals surface area contributed by atoms with Crippen molar-refractivity contribution in [2.24, 2.45) is 0 Å². The lowest BCUT2D eigenvalue weighted by Gasteiger charge is -2.14. The van der Waals surface area contributed by atoms with Crippen LogP contribution in [0.3, 0.4) is 0 Å². The zero-order chi connectivity index (χ0) is 25.9. The quantitative estimate of drug-likeness (QED) is 0.219. The van der Waals surface area contributed by atoms with Crippen molar-refractivity contribution in [3.05, 3.63) is 72.1 Å². The number of hydrogen-bond donors (Lipinski definition) is 3. The van der Waals surface area contributed by atoms with E-state index in [-0.39, 0.29) is 16.9 Å². The molecule has 8 heteroatoms. The Balaban J connectivity index is 1.45. The first-order valence-electron chi connectivity index (χ1n) is 12.6. The Morgan fingerprint density at radius 3 is 1.86 bits per heavy atom. The molecule has 0 saturated heterocycles. The lowest BCUT2D eigenvalue weighted by Crippen LogP contribution is -2.44. The molecule has 0 unspecified atom stereocenters. The molecular weight excluding hydrogens is 468 g/mol. The number of unbranched alkanes of at least 4 members (excludes halogenated alkanes) is 2. The van der Waals surface area contributed by atoms with Gasteiger partial charge in [0.2, 0.25) is 0 Å². The first kappa shape index (κ1) is 24.2. The van der Waals surface area contributed by atoms with E-state index in [1.165, 1.54) is 0 Å². The maximum absolute atomic E-state index is 13.7. The number of urea groups is 1. The van der Waals surface area contributed by atoms with Crippen LogP contribution in [-0.4, -0.2) is 45.0 Å². The molecule has 4 amide bonds. The van der Waals surface area contributed by atoms with E-state index in [0.717, 1.165) is 34.6 Å². The Bertz CT molecular complexity index is 1460. The number of aromatic nitrogens is 2. The number of para-hydroxylation sites is 2. The van der Waals surface area contributed by atoms with Gasteiger partial charge in [-0.15, -0.1) is 0 Å². The summed E-state index contributed by atoms with van der Waals surface area (Å²) in [6, 6.07) is 14.3. The van der Waals surface area contributed by atoms with Crippen LogP contribution in [0.15, 0.2) is 60.9 Å². The highest BCUT2D eigenvalue weighted by molar-refractivity contribution is 6.53. The van der Waals surface area contributed by atoms with Gasteiger partial charge in [0.15, 0.2) is 0 Å². The fourth-order valence-electron chi connectivity index (χ4n) is 4.85. The summed E-state index contributed by atoms with van der Waals surface area (Å²) < 4.78 is 0. The highest BCUT2D eigenvalue weighted by atomic mass is 16.2. The van der Waals surface area contributed by atoms with Gasteiger partial charge < -0.3 is 15.3 Å². The Morgan fingerprint density at radius 1 is 0.784 bits per heavy atom. The summed E-state index contributed by atoms with van der Waals surface area (Å²) in [6.07, 6.45) is 6.64. The zero-order valence-corrected chi connectivity index (χ0v) is 20.6. The molecule has 2 aromatic heterocycles. The van der Waals surface area contributed by atoms with Crippen LogP contribution in [0.4, 0.5) is 4.79 Å². The number of hydrogen-bond acceptors (Lipinski definition) is 4. The molecule has 1 aliphatic rings. The number of imide groups is 3. The Hall–Kier alpha value is -4.46. The molecular formula is C29H28N4O4. The molecule has 3 N–H and O–H groups in total. The molecule has 8 nitrogen and oxygen atoms in total. The summed E-state index contributed by atoms with van der Waals surface area (Å²) in [6.45, 7) is 2.15. The molecule has 2 aromatic carbocycles. The van der Waals surface area contributed by atoms with E-state index < -0.39 is 17.8 Å². The van der Waals surface area contributed by atoms with Gasteiger partial charge in [0, 0.05) is 64.7 Å². The molecule has 4 aromatic rings. The number of Topliss-reactive ketones (excluding diaryl/α,β-unsaturated/α-hetero) is 1. The largest absolute Gasteiger partial charge is 0.361 e. The van der Waals surface area contributed by atoms with E-state index in [0.29, 0.717) is 41.8 Å². The first-order valence-corrected chi connectivity index (χ1v) is 12.6. The van der Waals surface area contributed by atoms with Crippen molar-refractivity contribution in [3.63, 3.8) is 0 Å². The minimum Gasteiger partial charge on any atom is -0.361 e. The Kier molecular flexibility index (Phi) is 6.72. The molecule has 0 aliphatic carbocycles. The van der Waals surface area contributed by atoms with Crippen LogP contribution >= 0.6 is 0 Å². The van der Waals surface area contributed by atoms with Crippen LogP contribution in [0.2, 0.25) is 0 Å². The van der Waals surface area contributed by atoms with Crippen molar-refractivity contribution >= 4 is 56.6 Å². The van der Waals surface area contributed by atoms with Crippen LogP contribution in [0, 0.1) is 0 Å². The van der Waals surface area contributed by atoms with E-state index in [4.69, 9.17) is 0 Å². The third kappa shape index (κ3) is 4.46. The Labute approximate surface area is 213 Å². The summed E-state index contributed by atoms with van der Waals surface area (Å²) >= 11 is 0. The average Bonchev–Trinajstić information content (AvgIpc) is 3.59. The molecule has 3 heterocycles. The second kappa shape index (κ2) is 10.3. The van der Waals surface area contributed by atoms with E-state index in [9.17, 15) is 19.2 Å². The lowest BCUT2D eigenvalue weighted by molar-refractivity contribution is -0.132. The topological polar surface area (TPSA) is 115 Å². The number of rotatable bonds is 9. The maximum Gasteiger partial charge on any atom is 0.331 e. The predicted octanol–water partition coefficient (Wildman–Crippen LogP) is 5.18. The normalized spacial score (nSPS) is 13.8. The van der Waals surface area contributed by atoms with E-state index >= 15 is 0 Å². The fourth-order valence-corrected chi connectivity index (χ4v) is 4.85. The van der Waals surface area contributed by atoms with Crippen molar-refractivity contribution in [3.8, 4) is 0 Å². The molecule has 0 fully saturated rings. The molecule has 37 heavy (non-hydrogen) atoms. The summed E-state index contributed by atoms with van der Waals surface area (Å²) in [4.78, 5) is 59.0. The standard InChI is InChI=1S/C29H28N4O4/c1-2-18(34)10-4-3-9-15-30-29(37)33-27(35)25(21-16-31-23-13-7-5-11-19(21)23)26(28(33)36)22-17-32-24-14-8-6-12-20(22)24/h5-8,11-14,16-17,31-32H,2-4,9-10,15H2,1H3,(H,30,37). The average molecular weight is 497 g/mol. The highest BCUT2D eigenvalue weighted by Crippen LogP contribution is 2.40. The highest BCUT2D eigenvalue weighted by Gasteiger charge is 2.44. The maximum atomic E-state index is 13.7. The number of ketones is 1. The number of carbonyl (C=O) groups excluding carboxylic acids is 4. The number of benzene rings is 2. The number of nitrogens with zero attached hydrogens (tertiary/aromatic N) is 1. The number of carbonyl (C=O) groups is 4. The lowest BCUT2D eigenvalue weighted by atomic mass is 9.95. The van der Waals surface area contributed by atoms with Gasteiger partial charge in [0.05, 0.1) is 11.1 Å². The van der Waals surface area contributed by atoms with Gasteiger partial charge in [-0.25, -0.2) is 4.79 Å². The smallest absolute Gasteiger partial charge is 0.331 e. The molecule has 1 aliphatic heterocycles. The van der Waals surface area contributed by atoms with Crippen molar-refractivity contribution in [2.75, 3.05) is 6.54 Å². The zero-order valence-electron chi connectivity index (χ0n) is 20.6. The molecule has 0 saturated carbocycles. The number of aromatic amines is 2. The molecule has 0 atom stereocenters. The number of nitrogens with one attached hydrogen (secondary N) is 3. The molecule has 0 bridgehead atoms. The number of amides is 4. The fraction of sp³-hybridized carbons (Fsp3) is 0.241. The minimum absolute atomic E-state index is 0.195. The number of H-pyrrole nitrogens is 2. The predicted molar refractivity (Wildman–Crippen MR) is 142 cm³/mol. The van der Waals surface area contributed by atoms with Gasteiger partial charge in [0.25, 0.3) is 11.8 Å². The molecule has 5 rings (SSSR count). The van der Waals surface area contributed by atoms with Gasteiger partial charge in [-0.05, 0) is 25.0 Å². The monoisotopic (exact) mass is 496 g/mol. The SMILES string of the molecule is CCC(=O)CCCCCNC(=O)N1C(=O)C(c2c[nH]c3ccccc23)=C(c2c[nH]c3ccccc23)C1=O. The van der Waals surface area contributed by atoms with Gasteiger partial charge in [0.1, 0.15) is 5.78 Å². The van der Waals surface area contributed by atoms with E-state index in [1.807, 2.05) is 55.5 Å². The van der Waals surface area contributed by atoms with Gasteiger partial charge in [-0.1, -0.05) is 49.7 Å². The molecule has 0 spiro atoms. The van der Waals surface area contributed by atoms with Crippen molar-refractivity contribution in [1.82, 2.24) is 20.2 Å². The van der Waals surface area contributed by atoms with Crippen molar-refractivity contribution < 1.29 is 19.2 Å². The van der Waals surface area contributed by atoms with Crippen LogP contribution in [0.1, 0.15) is 50.2 Å². The first-order chi connectivity index (χ1) is 18.0. The van der Waals surface area contributed by atoms with Crippen LogP contribution in [-0.2, 0) is 14.4 Å². The van der Waals surface area contributed by atoms with Crippen LogP contribution in [0.25, 0.3) is 33.0 Å².